The quantitative estimate of drug-likeness (QED) is 0.475. The van der Waals surface area contributed by atoms with E-state index in [2.05, 4.69) is 6.92 Å². The Hall–Kier alpha value is -0.280. The van der Waals surface area contributed by atoms with Crippen LogP contribution < -0.4 is 0 Å². The molecule has 3 aliphatic rings. The number of ether oxygens (including phenoxy) is 2. The zero-order chi connectivity index (χ0) is 20.9. The molecule has 1 aliphatic heterocycles. The highest BCUT2D eigenvalue weighted by Gasteiger charge is 2.54. The molecule has 164 valence electrons. The van der Waals surface area contributed by atoms with Gasteiger partial charge in [0.2, 0.25) is 0 Å². The van der Waals surface area contributed by atoms with Gasteiger partial charge in [-0.05, 0) is 70.1 Å². The van der Waals surface area contributed by atoms with Crippen LogP contribution in [0.4, 0.5) is 0 Å². The van der Waals surface area contributed by atoms with E-state index in [1.54, 1.807) is 0 Å². The Labute approximate surface area is 167 Å². The van der Waals surface area contributed by atoms with Crippen LogP contribution in [0.1, 0.15) is 66.2 Å². The smallest absolute Gasteiger partial charge is 0.187 e. The third kappa shape index (κ3) is 4.00. The summed E-state index contributed by atoms with van der Waals surface area (Å²) in [6, 6.07) is 0. The molecule has 2 aliphatic carbocycles. The van der Waals surface area contributed by atoms with Crippen molar-refractivity contribution in [2.75, 3.05) is 6.61 Å². The first-order valence-electron chi connectivity index (χ1n) is 10.6. The minimum atomic E-state index is -1.44. The molecule has 7 nitrogen and oxygen atoms in total. The number of aliphatic hydroxyl groups is 5. The lowest BCUT2D eigenvalue weighted by atomic mass is 9.52. The van der Waals surface area contributed by atoms with E-state index in [1.165, 1.54) is 0 Å². The van der Waals surface area contributed by atoms with E-state index < -0.39 is 48.5 Å². The molecule has 0 spiro atoms. The Morgan fingerprint density at radius 2 is 1.71 bits per heavy atom. The zero-order valence-electron chi connectivity index (χ0n) is 17.5. The molecule has 3 fully saturated rings. The average Bonchev–Trinajstić information content (AvgIpc) is 2.61. The molecule has 1 unspecified atom stereocenters. The summed E-state index contributed by atoms with van der Waals surface area (Å²) in [5.41, 5.74) is -1.22. The van der Waals surface area contributed by atoms with Crippen molar-refractivity contribution in [3.05, 3.63) is 0 Å². The fourth-order valence-electron chi connectivity index (χ4n) is 5.88. The SMILES string of the molecule is CC(C)(O[C@@H]1O[C@H](CO)[C@@H](O)[C@H](O)[C@H]1O)[C@@H]1CC[C@@]2(C)CCC[C@@](C)(O)C2C1. The first-order chi connectivity index (χ1) is 12.9. The Balaban J connectivity index is 1.72. The normalized spacial score (nSPS) is 50.2. The van der Waals surface area contributed by atoms with Crippen molar-refractivity contribution in [2.45, 2.75) is 108 Å². The summed E-state index contributed by atoms with van der Waals surface area (Å²) in [7, 11) is 0. The van der Waals surface area contributed by atoms with Gasteiger partial charge < -0.3 is 35.0 Å². The minimum absolute atomic E-state index is 0.136. The van der Waals surface area contributed by atoms with Crippen LogP contribution >= 0.6 is 0 Å². The van der Waals surface area contributed by atoms with Gasteiger partial charge in [-0.25, -0.2) is 0 Å². The molecular weight excluding hydrogens is 364 g/mol. The summed E-state index contributed by atoms with van der Waals surface area (Å²) in [4.78, 5) is 0. The van der Waals surface area contributed by atoms with Crippen molar-refractivity contribution in [2.24, 2.45) is 17.3 Å². The molecular formula is C21H38O7. The van der Waals surface area contributed by atoms with Gasteiger partial charge in [-0.2, -0.15) is 0 Å². The summed E-state index contributed by atoms with van der Waals surface area (Å²) < 4.78 is 11.7. The molecule has 2 saturated carbocycles. The van der Waals surface area contributed by atoms with Crippen molar-refractivity contribution in [3.63, 3.8) is 0 Å². The van der Waals surface area contributed by atoms with Gasteiger partial charge in [-0.1, -0.05) is 13.3 Å². The molecule has 1 heterocycles. The topological polar surface area (TPSA) is 120 Å². The maximum atomic E-state index is 11.0. The highest BCUT2D eigenvalue weighted by atomic mass is 16.7. The maximum Gasteiger partial charge on any atom is 0.187 e. The molecule has 3 rings (SSSR count). The van der Waals surface area contributed by atoms with E-state index in [9.17, 15) is 25.5 Å². The first kappa shape index (κ1) is 22.4. The van der Waals surface area contributed by atoms with Crippen molar-refractivity contribution in [1.29, 1.82) is 0 Å². The van der Waals surface area contributed by atoms with Gasteiger partial charge in [0.1, 0.15) is 24.4 Å². The van der Waals surface area contributed by atoms with Crippen molar-refractivity contribution in [3.8, 4) is 0 Å². The second-order valence-corrected chi connectivity index (χ2v) is 10.3. The van der Waals surface area contributed by atoms with Gasteiger partial charge in [-0.15, -0.1) is 0 Å². The number of fused-ring (bicyclic) bond motifs is 1. The second kappa shape index (κ2) is 7.76. The third-order valence-electron chi connectivity index (χ3n) is 7.86. The van der Waals surface area contributed by atoms with E-state index >= 15 is 0 Å². The Bertz CT molecular complexity index is 549. The van der Waals surface area contributed by atoms with E-state index in [4.69, 9.17) is 9.47 Å². The van der Waals surface area contributed by atoms with E-state index in [0.29, 0.717) is 0 Å². The van der Waals surface area contributed by atoms with E-state index in [1.807, 2.05) is 20.8 Å². The van der Waals surface area contributed by atoms with Crippen molar-refractivity contribution >= 4 is 0 Å². The van der Waals surface area contributed by atoms with Gasteiger partial charge >= 0.3 is 0 Å². The van der Waals surface area contributed by atoms with Crippen LogP contribution in [0.3, 0.4) is 0 Å². The Morgan fingerprint density at radius 3 is 2.36 bits per heavy atom. The van der Waals surface area contributed by atoms with Gasteiger partial charge in [0, 0.05) is 0 Å². The van der Waals surface area contributed by atoms with E-state index in [-0.39, 0.29) is 17.3 Å². The first-order valence-corrected chi connectivity index (χ1v) is 10.6. The van der Waals surface area contributed by atoms with Crippen LogP contribution in [0.15, 0.2) is 0 Å². The monoisotopic (exact) mass is 402 g/mol. The summed E-state index contributed by atoms with van der Waals surface area (Å²) in [5, 5.41) is 50.7. The zero-order valence-corrected chi connectivity index (χ0v) is 17.5. The van der Waals surface area contributed by atoms with Crippen LogP contribution in [-0.2, 0) is 9.47 Å². The van der Waals surface area contributed by atoms with Crippen molar-refractivity contribution < 1.29 is 35.0 Å². The molecule has 5 N–H and O–H groups in total. The Morgan fingerprint density at radius 1 is 1.04 bits per heavy atom. The van der Waals surface area contributed by atoms with Crippen LogP contribution in [0.2, 0.25) is 0 Å². The van der Waals surface area contributed by atoms with E-state index in [0.717, 1.165) is 38.5 Å². The van der Waals surface area contributed by atoms with Crippen molar-refractivity contribution in [1.82, 2.24) is 0 Å². The molecule has 0 aromatic carbocycles. The molecule has 0 aromatic rings. The lowest BCUT2D eigenvalue weighted by Gasteiger charge is -2.56. The van der Waals surface area contributed by atoms with Crippen LogP contribution in [-0.4, -0.2) is 74.0 Å². The maximum absolute atomic E-state index is 11.0. The number of hydrogen-bond donors (Lipinski definition) is 5. The Kier molecular flexibility index (Phi) is 6.21. The van der Waals surface area contributed by atoms with Crippen LogP contribution in [0.25, 0.3) is 0 Å². The summed E-state index contributed by atoms with van der Waals surface area (Å²) in [6.07, 6.45) is -0.558. The summed E-state index contributed by atoms with van der Waals surface area (Å²) in [5.74, 6) is 0.340. The molecule has 0 radical (unpaired) electrons. The molecule has 0 aromatic heterocycles. The van der Waals surface area contributed by atoms with Crippen LogP contribution in [0, 0.1) is 17.3 Å². The van der Waals surface area contributed by atoms with Gasteiger partial charge in [0.05, 0.1) is 17.8 Å². The standard InChI is InChI=1S/C21H38O7/c1-19(2,28-18-17(25)16(24)15(23)13(11-22)27-18)12-6-9-20(3)7-5-8-21(4,26)14(20)10-12/h12-18,22-26H,5-11H2,1-4H3/t12-,13-,14?,15-,16+,17-,18+,20-,21-/m1/s1. The molecule has 0 amide bonds. The third-order valence-corrected chi connectivity index (χ3v) is 7.86. The predicted octanol–water partition coefficient (Wildman–Crippen LogP) is 0.939. The summed E-state index contributed by atoms with van der Waals surface area (Å²) in [6.45, 7) is 7.65. The average molecular weight is 403 g/mol. The highest BCUT2D eigenvalue weighted by molar-refractivity contribution is 5.03. The minimum Gasteiger partial charge on any atom is -0.394 e. The molecule has 28 heavy (non-hydrogen) atoms. The molecule has 9 atom stereocenters. The number of aliphatic hydroxyl groups excluding tert-OH is 4. The van der Waals surface area contributed by atoms with Gasteiger partial charge in [0.25, 0.3) is 0 Å². The number of rotatable bonds is 4. The lowest BCUT2D eigenvalue weighted by molar-refractivity contribution is -0.331. The van der Waals surface area contributed by atoms with Crippen LogP contribution in [0.5, 0.6) is 0 Å². The highest BCUT2D eigenvalue weighted by Crippen LogP contribution is 2.57. The fraction of sp³-hybridized carbons (Fsp3) is 1.00. The fourth-order valence-corrected chi connectivity index (χ4v) is 5.88. The lowest BCUT2D eigenvalue weighted by Crippen LogP contribution is -2.61. The van der Waals surface area contributed by atoms with Gasteiger partial charge in [0.15, 0.2) is 6.29 Å². The molecule has 1 saturated heterocycles. The second-order valence-electron chi connectivity index (χ2n) is 10.3. The largest absolute Gasteiger partial charge is 0.394 e. The molecule has 7 heteroatoms. The predicted molar refractivity (Wildman–Crippen MR) is 102 cm³/mol. The molecule has 0 bridgehead atoms. The number of hydrogen-bond acceptors (Lipinski definition) is 7. The van der Waals surface area contributed by atoms with Gasteiger partial charge in [-0.3, -0.25) is 0 Å². The summed E-state index contributed by atoms with van der Waals surface area (Å²) >= 11 is 0.